The van der Waals surface area contributed by atoms with Gasteiger partial charge in [-0.15, -0.1) is 58.9 Å². The molecule has 0 amide bonds. The van der Waals surface area contributed by atoms with Crippen molar-refractivity contribution >= 4 is 24.8 Å². The molecule has 0 bridgehead atoms. The smallest absolute Gasteiger partial charge is 1.00 e. The fraction of sp³-hybridized carbons (Fsp3) is 0.600. The molecule has 2 unspecified atom stereocenters. The van der Waals surface area contributed by atoms with Crippen LogP contribution in [-0.2, 0) is 40.2 Å². The van der Waals surface area contributed by atoms with Gasteiger partial charge in [0.15, 0.2) is 0 Å². The van der Waals surface area contributed by atoms with Gasteiger partial charge in [0, 0.05) is 0 Å². The van der Waals surface area contributed by atoms with Crippen LogP contribution in [0.4, 0.5) is 0 Å². The summed E-state index contributed by atoms with van der Waals surface area (Å²) in [4.78, 5) is 0. The van der Waals surface area contributed by atoms with Crippen LogP contribution in [0.3, 0.4) is 0 Å². The van der Waals surface area contributed by atoms with Gasteiger partial charge in [0.25, 0.3) is 0 Å². The summed E-state index contributed by atoms with van der Waals surface area (Å²) < 4.78 is 0. The van der Waals surface area contributed by atoms with Gasteiger partial charge >= 0.3 is 40.2 Å². The molecular formula is C20H34Cl4Ir2+2. The number of halogens is 4. The second-order valence-electron chi connectivity index (χ2n) is 6.68. The van der Waals surface area contributed by atoms with Gasteiger partial charge in [-0.2, -0.15) is 25.7 Å². The molecule has 0 nitrogen and oxygen atoms in total. The van der Waals surface area contributed by atoms with Crippen LogP contribution in [0, 0.1) is 35.5 Å². The molecule has 2 rings (SSSR count). The molecule has 2 aliphatic carbocycles. The molecule has 2 atom stereocenters. The van der Waals surface area contributed by atoms with Crippen LogP contribution in [0.25, 0.3) is 0 Å². The predicted molar refractivity (Wildman–Crippen MR) is 105 cm³/mol. The Morgan fingerprint density at radius 3 is 0.808 bits per heavy atom. The van der Waals surface area contributed by atoms with E-state index in [9.17, 15) is 0 Å². The van der Waals surface area contributed by atoms with E-state index in [0.717, 1.165) is 0 Å². The number of hydrogen-bond donors (Lipinski definition) is 0. The molecule has 2 radical (unpaired) electrons. The molecule has 0 aromatic carbocycles. The summed E-state index contributed by atoms with van der Waals surface area (Å²) in [7, 11) is 0. The van der Waals surface area contributed by atoms with E-state index in [-0.39, 0.29) is 89.8 Å². The van der Waals surface area contributed by atoms with Gasteiger partial charge in [-0.05, 0) is 27.7 Å². The van der Waals surface area contributed by atoms with Gasteiger partial charge in [0.05, 0.1) is 0 Å². The van der Waals surface area contributed by atoms with Crippen molar-refractivity contribution in [2.24, 2.45) is 11.8 Å². The van der Waals surface area contributed by atoms with Gasteiger partial charge in [0.2, 0.25) is 0 Å². The summed E-state index contributed by atoms with van der Waals surface area (Å²) in [6.07, 6.45) is 0. The first kappa shape index (κ1) is 42.1. The maximum Gasteiger partial charge on any atom is 3.00 e. The van der Waals surface area contributed by atoms with Gasteiger partial charge in [-0.3, -0.25) is 0 Å². The molecule has 0 aliphatic heterocycles. The minimum atomic E-state index is 0. The van der Waals surface area contributed by atoms with Crippen LogP contribution in [0.15, 0.2) is 22.3 Å². The van der Waals surface area contributed by atoms with E-state index in [1.165, 1.54) is 23.0 Å². The van der Waals surface area contributed by atoms with Crippen molar-refractivity contribution in [1.82, 2.24) is 0 Å². The second-order valence-corrected chi connectivity index (χ2v) is 6.68. The fourth-order valence-electron chi connectivity index (χ4n) is 3.13. The van der Waals surface area contributed by atoms with Gasteiger partial charge in [-0.25, -0.2) is 0 Å². The third-order valence-electron chi connectivity index (χ3n) is 6.09. The molecule has 0 saturated carbocycles. The molecule has 0 N–H and O–H groups in total. The van der Waals surface area contributed by atoms with Gasteiger partial charge < -0.3 is 36.6 Å². The molecule has 0 spiro atoms. The van der Waals surface area contributed by atoms with E-state index in [1.54, 1.807) is 23.0 Å². The average molecular weight is 801 g/mol. The van der Waals surface area contributed by atoms with Crippen LogP contribution in [0.2, 0.25) is 0 Å². The Kier molecular flexibility index (Phi) is 28.8. The molecule has 0 fully saturated rings. The van der Waals surface area contributed by atoms with Crippen molar-refractivity contribution in [2.75, 3.05) is 0 Å². The summed E-state index contributed by atoms with van der Waals surface area (Å²) in [6, 6.07) is 0. The van der Waals surface area contributed by atoms with E-state index in [1.807, 2.05) is 0 Å². The monoisotopic (exact) mass is 800 g/mol. The minimum absolute atomic E-state index is 0. The maximum absolute atomic E-state index is 2.28. The number of rotatable bonds is 0. The zero-order valence-corrected chi connectivity index (χ0v) is 25.3. The Morgan fingerprint density at radius 2 is 0.769 bits per heavy atom. The van der Waals surface area contributed by atoms with Crippen molar-refractivity contribution in [3.8, 4) is 0 Å². The van der Waals surface area contributed by atoms with Crippen molar-refractivity contribution in [1.29, 1.82) is 0 Å². The standard InChI is InChI=1S/2C10H16.4ClH.2Ir/c2*1-6-7(2)9(4)10(5)8(6)3;;;;;;/h2*6H,1-5H3;4*1H;;/q2*-1;;;;;2*+3/p-2. The van der Waals surface area contributed by atoms with Crippen LogP contribution in [-0.4, -0.2) is 0 Å². The first-order chi connectivity index (χ1) is 9.11. The molecule has 2 aliphatic rings. The number of hydrogen-bond acceptors (Lipinski definition) is 0. The normalized spacial score (nSPS) is 23.3. The third kappa shape index (κ3) is 9.17. The third-order valence-corrected chi connectivity index (χ3v) is 6.09. The first-order valence-electron chi connectivity index (χ1n) is 7.81. The number of allylic oxidation sites excluding steroid dienone is 4. The summed E-state index contributed by atoms with van der Waals surface area (Å²) in [5, 5.41) is 0. The second kappa shape index (κ2) is 17.8. The van der Waals surface area contributed by atoms with Crippen molar-refractivity contribution in [3.63, 3.8) is 0 Å². The van der Waals surface area contributed by atoms with Crippen molar-refractivity contribution < 1.29 is 65.0 Å². The van der Waals surface area contributed by atoms with E-state index in [0.29, 0.717) is 11.8 Å². The summed E-state index contributed by atoms with van der Waals surface area (Å²) >= 11 is 0. The Bertz CT molecular complexity index is 360. The maximum atomic E-state index is 2.28. The van der Waals surface area contributed by atoms with Crippen LogP contribution >= 0.6 is 24.8 Å². The van der Waals surface area contributed by atoms with Crippen LogP contribution in [0.5, 0.6) is 0 Å². The molecule has 158 valence electrons. The largest absolute Gasteiger partial charge is 3.00 e. The molecule has 0 aromatic heterocycles. The zero-order chi connectivity index (χ0) is 15.8. The Labute approximate surface area is 215 Å². The Morgan fingerprint density at radius 1 is 0.577 bits per heavy atom. The van der Waals surface area contributed by atoms with Crippen LogP contribution < -0.4 is 24.8 Å². The topological polar surface area (TPSA) is 0 Å². The summed E-state index contributed by atoms with van der Waals surface area (Å²) in [5.41, 5.74) is 6.11. The predicted octanol–water partition coefficient (Wildman–Crippen LogP) is 1.17. The quantitative estimate of drug-likeness (QED) is 0.324. The zero-order valence-electron chi connectivity index (χ0n) is 17.4. The van der Waals surface area contributed by atoms with E-state index in [2.05, 4.69) is 69.2 Å². The Balaban J connectivity index is -0.0000000625. The Hall–Kier alpha value is 1.94. The van der Waals surface area contributed by atoms with Crippen molar-refractivity contribution in [2.45, 2.75) is 69.2 Å². The molecule has 0 heterocycles. The SMILES string of the molecule is C[C]1C(C)=C(C)C(C)[C-]1C.C[C]1C(C)=C(C)C(C)[C-]1C.Cl.Cl.[Cl-].[Cl-].[Ir+3].[Ir+3]. The van der Waals surface area contributed by atoms with Gasteiger partial charge in [-0.1, -0.05) is 27.7 Å². The fourth-order valence-corrected chi connectivity index (χ4v) is 3.13. The summed E-state index contributed by atoms with van der Waals surface area (Å²) in [5.74, 6) is 7.50. The van der Waals surface area contributed by atoms with E-state index < -0.39 is 0 Å². The molecule has 26 heavy (non-hydrogen) atoms. The average Bonchev–Trinajstić information content (AvgIpc) is 2.71. The molecule has 0 saturated heterocycles. The summed E-state index contributed by atoms with van der Waals surface area (Å²) in [6.45, 7) is 22.4. The van der Waals surface area contributed by atoms with Gasteiger partial charge in [0.1, 0.15) is 0 Å². The molecular weight excluding hydrogens is 766 g/mol. The van der Waals surface area contributed by atoms with Crippen LogP contribution in [0.1, 0.15) is 69.2 Å². The van der Waals surface area contributed by atoms with Crippen molar-refractivity contribution in [3.05, 3.63) is 46.0 Å². The minimum Gasteiger partial charge on any atom is -1.00 e. The molecule has 6 heteroatoms. The first-order valence-corrected chi connectivity index (χ1v) is 7.81. The van der Waals surface area contributed by atoms with E-state index in [4.69, 9.17) is 0 Å². The van der Waals surface area contributed by atoms with E-state index >= 15 is 0 Å². The molecule has 0 aromatic rings.